The van der Waals surface area contributed by atoms with Crippen LogP contribution < -0.4 is 10.6 Å². The summed E-state index contributed by atoms with van der Waals surface area (Å²) in [5, 5.41) is 15.6. The molecular formula is C15H15BrN4. The van der Waals surface area contributed by atoms with Gasteiger partial charge in [0.1, 0.15) is 6.07 Å². The summed E-state index contributed by atoms with van der Waals surface area (Å²) in [7, 11) is 0. The highest BCUT2D eigenvalue weighted by Gasteiger charge is 2.04. The predicted octanol–water partition coefficient (Wildman–Crippen LogP) is 4.28. The molecule has 1 aromatic heterocycles. The highest BCUT2D eigenvalue weighted by atomic mass is 79.9. The third-order valence-electron chi connectivity index (χ3n) is 2.70. The molecule has 0 bridgehead atoms. The van der Waals surface area contributed by atoms with Gasteiger partial charge in [-0.25, -0.2) is 0 Å². The third kappa shape index (κ3) is 3.72. The van der Waals surface area contributed by atoms with Crippen molar-refractivity contribution in [3.63, 3.8) is 0 Å². The third-order valence-corrected chi connectivity index (χ3v) is 3.19. The fourth-order valence-electron chi connectivity index (χ4n) is 1.75. The first-order chi connectivity index (χ1) is 9.72. The number of anilines is 3. The lowest BCUT2D eigenvalue weighted by Crippen LogP contribution is -2.01. The number of benzene rings is 1. The van der Waals surface area contributed by atoms with Crippen molar-refractivity contribution in [1.82, 2.24) is 4.98 Å². The quantitative estimate of drug-likeness (QED) is 0.858. The first-order valence-electron chi connectivity index (χ1n) is 6.38. The molecule has 0 atom stereocenters. The van der Waals surface area contributed by atoms with Gasteiger partial charge in [0.25, 0.3) is 0 Å². The molecule has 2 aromatic rings. The maximum atomic E-state index is 9.12. The van der Waals surface area contributed by atoms with Crippen molar-refractivity contribution in [1.29, 1.82) is 5.26 Å². The summed E-state index contributed by atoms with van der Waals surface area (Å²) in [5.74, 6) is 0. The molecule has 0 aliphatic rings. The Balaban J connectivity index is 2.22. The number of nitrogens with one attached hydrogen (secondary N) is 2. The zero-order valence-corrected chi connectivity index (χ0v) is 12.7. The van der Waals surface area contributed by atoms with E-state index in [1.54, 1.807) is 18.5 Å². The minimum atomic E-state index is 0.597. The maximum Gasteiger partial charge on any atom is 0.101 e. The number of halogens is 1. The molecule has 20 heavy (non-hydrogen) atoms. The number of nitrogens with zero attached hydrogens (tertiary/aromatic N) is 2. The van der Waals surface area contributed by atoms with E-state index in [0.29, 0.717) is 5.56 Å². The largest absolute Gasteiger partial charge is 0.384 e. The van der Waals surface area contributed by atoms with Crippen molar-refractivity contribution < 1.29 is 0 Å². The monoisotopic (exact) mass is 330 g/mol. The van der Waals surface area contributed by atoms with Crippen LogP contribution in [0.5, 0.6) is 0 Å². The van der Waals surface area contributed by atoms with Crippen LogP contribution in [0.1, 0.15) is 18.9 Å². The maximum absolute atomic E-state index is 9.12. The average molecular weight is 331 g/mol. The minimum Gasteiger partial charge on any atom is -0.384 e. The summed E-state index contributed by atoms with van der Waals surface area (Å²) in [4.78, 5) is 4.19. The fraction of sp³-hybridized carbons (Fsp3) is 0.200. The van der Waals surface area contributed by atoms with E-state index in [1.165, 1.54) is 0 Å². The number of hydrogen-bond donors (Lipinski definition) is 2. The van der Waals surface area contributed by atoms with Crippen LogP contribution in [0.2, 0.25) is 0 Å². The lowest BCUT2D eigenvalue weighted by atomic mass is 10.2. The van der Waals surface area contributed by atoms with Crippen LogP contribution in [-0.4, -0.2) is 11.5 Å². The smallest absolute Gasteiger partial charge is 0.101 e. The van der Waals surface area contributed by atoms with Crippen molar-refractivity contribution in [2.75, 3.05) is 17.2 Å². The van der Waals surface area contributed by atoms with Gasteiger partial charge in [0, 0.05) is 11.0 Å². The van der Waals surface area contributed by atoms with Crippen molar-refractivity contribution in [2.24, 2.45) is 0 Å². The second-order valence-corrected chi connectivity index (χ2v) is 5.23. The summed E-state index contributed by atoms with van der Waals surface area (Å²) in [6.45, 7) is 3.02. The van der Waals surface area contributed by atoms with E-state index in [-0.39, 0.29) is 0 Å². The molecule has 0 spiro atoms. The van der Waals surface area contributed by atoms with E-state index in [9.17, 15) is 0 Å². The molecule has 0 aliphatic carbocycles. The topological polar surface area (TPSA) is 60.7 Å². The van der Waals surface area contributed by atoms with Crippen molar-refractivity contribution in [3.8, 4) is 6.07 Å². The Morgan fingerprint density at radius 2 is 2.05 bits per heavy atom. The van der Waals surface area contributed by atoms with Gasteiger partial charge in [-0.15, -0.1) is 0 Å². The zero-order valence-electron chi connectivity index (χ0n) is 11.2. The predicted molar refractivity (Wildman–Crippen MR) is 85.2 cm³/mol. The zero-order chi connectivity index (χ0) is 14.4. The molecule has 0 amide bonds. The molecule has 1 heterocycles. The Bertz CT molecular complexity index is 634. The van der Waals surface area contributed by atoms with Crippen LogP contribution in [0.4, 0.5) is 17.1 Å². The van der Waals surface area contributed by atoms with E-state index in [0.717, 1.165) is 34.5 Å². The lowest BCUT2D eigenvalue weighted by Gasteiger charge is -2.10. The molecule has 0 aliphatic heterocycles. The molecule has 5 heteroatoms. The first-order valence-corrected chi connectivity index (χ1v) is 7.18. The number of nitriles is 1. The first kappa shape index (κ1) is 14.4. The van der Waals surface area contributed by atoms with E-state index >= 15 is 0 Å². The summed E-state index contributed by atoms with van der Waals surface area (Å²) >= 11 is 3.41. The Kier molecular flexibility index (Phi) is 4.97. The second-order valence-electron chi connectivity index (χ2n) is 4.32. The van der Waals surface area contributed by atoms with E-state index in [2.05, 4.69) is 44.5 Å². The van der Waals surface area contributed by atoms with Gasteiger partial charge in [-0.1, -0.05) is 22.9 Å². The molecule has 0 fully saturated rings. The number of hydrogen-bond acceptors (Lipinski definition) is 4. The Labute approximate surface area is 127 Å². The summed E-state index contributed by atoms with van der Waals surface area (Å²) < 4.78 is 0.923. The fourth-order valence-corrected chi connectivity index (χ4v) is 2.11. The van der Waals surface area contributed by atoms with Gasteiger partial charge in [-0.3, -0.25) is 4.98 Å². The van der Waals surface area contributed by atoms with Gasteiger partial charge >= 0.3 is 0 Å². The molecule has 2 N–H and O–H groups in total. The van der Waals surface area contributed by atoms with Crippen LogP contribution in [0.3, 0.4) is 0 Å². The molecule has 1 aromatic carbocycles. The average Bonchev–Trinajstić information content (AvgIpc) is 2.46. The SMILES string of the molecule is CCCNc1cncc(Nc2cc(Br)ccc2C#N)c1. The van der Waals surface area contributed by atoms with Crippen molar-refractivity contribution in [2.45, 2.75) is 13.3 Å². The molecular weight excluding hydrogens is 316 g/mol. The van der Waals surface area contributed by atoms with Crippen LogP contribution in [0.25, 0.3) is 0 Å². The van der Waals surface area contributed by atoms with E-state index in [4.69, 9.17) is 5.26 Å². The number of pyridine rings is 1. The molecule has 0 unspecified atom stereocenters. The molecule has 102 valence electrons. The van der Waals surface area contributed by atoms with E-state index in [1.807, 2.05) is 18.2 Å². The lowest BCUT2D eigenvalue weighted by molar-refractivity contribution is 0.978. The molecule has 0 saturated carbocycles. The highest BCUT2D eigenvalue weighted by molar-refractivity contribution is 9.10. The Morgan fingerprint density at radius 1 is 1.25 bits per heavy atom. The van der Waals surface area contributed by atoms with Gasteiger partial charge in [-0.2, -0.15) is 5.26 Å². The molecule has 0 saturated heterocycles. The minimum absolute atomic E-state index is 0.597. The van der Waals surface area contributed by atoms with Crippen LogP contribution in [-0.2, 0) is 0 Å². The Morgan fingerprint density at radius 3 is 2.80 bits per heavy atom. The van der Waals surface area contributed by atoms with Crippen LogP contribution in [0.15, 0.2) is 41.1 Å². The summed E-state index contributed by atoms with van der Waals surface area (Å²) in [6.07, 6.45) is 4.58. The van der Waals surface area contributed by atoms with Gasteiger partial charge in [0.2, 0.25) is 0 Å². The van der Waals surface area contributed by atoms with Crippen LogP contribution >= 0.6 is 15.9 Å². The van der Waals surface area contributed by atoms with Gasteiger partial charge < -0.3 is 10.6 Å². The summed E-state index contributed by atoms with van der Waals surface area (Å²) in [5.41, 5.74) is 3.17. The van der Waals surface area contributed by atoms with Gasteiger partial charge in [-0.05, 0) is 30.7 Å². The standard InChI is InChI=1S/C15H15BrN4/c1-2-5-19-13-7-14(10-18-9-13)20-15-6-12(16)4-3-11(15)8-17/h3-4,6-7,9-10,19-20H,2,5H2,1H3. The number of rotatable bonds is 5. The highest BCUT2D eigenvalue weighted by Crippen LogP contribution is 2.25. The van der Waals surface area contributed by atoms with Gasteiger partial charge in [0.05, 0.1) is 35.0 Å². The normalized spacial score (nSPS) is 9.85. The summed E-state index contributed by atoms with van der Waals surface area (Å²) in [6, 6.07) is 9.65. The van der Waals surface area contributed by atoms with Gasteiger partial charge in [0.15, 0.2) is 0 Å². The number of aromatic nitrogens is 1. The van der Waals surface area contributed by atoms with Crippen LogP contribution in [0, 0.1) is 11.3 Å². The van der Waals surface area contributed by atoms with E-state index < -0.39 is 0 Å². The molecule has 0 radical (unpaired) electrons. The Hall–Kier alpha value is -2.06. The van der Waals surface area contributed by atoms with Crippen molar-refractivity contribution >= 4 is 33.0 Å². The van der Waals surface area contributed by atoms with Crippen molar-refractivity contribution in [3.05, 3.63) is 46.7 Å². The molecule has 2 rings (SSSR count). The molecule has 4 nitrogen and oxygen atoms in total. The second kappa shape index (κ2) is 6.92.